The fourth-order valence-corrected chi connectivity index (χ4v) is 4.27. The fraction of sp³-hybridized carbons (Fsp3) is 0.429. The molecule has 0 spiro atoms. The van der Waals surface area contributed by atoms with Crippen molar-refractivity contribution in [3.8, 4) is 0 Å². The maximum absolute atomic E-state index is 13.4. The molecular weight excluding hydrogens is 304 g/mol. The third-order valence-corrected chi connectivity index (χ3v) is 5.75. The van der Waals surface area contributed by atoms with E-state index in [0.29, 0.717) is 19.0 Å². The van der Waals surface area contributed by atoms with Crippen molar-refractivity contribution < 1.29 is 8.78 Å². The number of halogens is 2. The summed E-state index contributed by atoms with van der Waals surface area (Å²) in [6, 6.07) is 21.3. The van der Waals surface area contributed by atoms with Crippen LogP contribution < -0.4 is 0 Å². The predicted octanol–water partition coefficient (Wildman–Crippen LogP) is 4.72. The zero-order valence-electron chi connectivity index (χ0n) is 13.8. The van der Waals surface area contributed by atoms with Gasteiger partial charge >= 0.3 is 0 Å². The summed E-state index contributed by atoms with van der Waals surface area (Å²) < 4.78 is 26.8. The fourth-order valence-electron chi connectivity index (χ4n) is 4.27. The Morgan fingerprint density at radius 2 is 1.33 bits per heavy atom. The Kier molecular flexibility index (Phi) is 3.92. The maximum atomic E-state index is 13.4. The molecule has 0 unspecified atom stereocenters. The van der Waals surface area contributed by atoms with Gasteiger partial charge in [0.15, 0.2) is 0 Å². The normalized spacial score (nSPS) is 25.3. The third kappa shape index (κ3) is 2.86. The van der Waals surface area contributed by atoms with Crippen molar-refractivity contribution in [2.45, 2.75) is 30.6 Å². The molecule has 1 heterocycles. The number of likely N-dealkylation sites (tertiary alicyclic amines) is 1. The summed E-state index contributed by atoms with van der Waals surface area (Å²) in [6.45, 7) is 1.95. The van der Waals surface area contributed by atoms with E-state index in [0.717, 1.165) is 13.0 Å². The van der Waals surface area contributed by atoms with Gasteiger partial charge in [-0.15, -0.1) is 0 Å². The van der Waals surface area contributed by atoms with Crippen molar-refractivity contribution in [2.24, 2.45) is 5.92 Å². The van der Waals surface area contributed by atoms with Crippen LogP contribution in [0.3, 0.4) is 0 Å². The van der Waals surface area contributed by atoms with Gasteiger partial charge in [0.1, 0.15) is 0 Å². The molecule has 0 radical (unpaired) electrons. The molecule has 2 fully saturated rings. The second kappa shape index (κ2) is 5.96. The third-order valence-electron chi connectivity index (χ3n) is 5.75. The monoisotopic (exact) mass is 327 g/mol. The number of piperidine rings is 1. The van der Waals surface area contributed by atoms with Crippen LogP contribution in [0.15, 0.2) is 60.7 Å². The lowest BCUT2D eigenvalue weighted by Gasteiger charge is -2.32. The second-order valence-corrected chi connectivity index (χ2v) is 7.26. The summed E-state index contributed by atoms with van der Waals surface area (Å²) in [5, 5.41) is 0. The van der Waals surface area contributed by atoms with Gasteiger partial charge in [0.2, 0.25) is 0 Å². The molecule has 24 heavy (non-hydrogen) atoms. The first-order chi connectivity index (χ1) is 11.6. The zero-order chi connectivity index (χ0) is 16.6. The van der Waals surface area contributed by atoms with Crippen LogP contribution in [0.1, 0.15) is 30.4 Å². The summed E-state index contributed by atoms with van der Waals surface area (Å²) in [4.78, 5) is 2.23. The van der Waals surface area contributed by atoms with Gasteiger partial charge in [-0.05, 0) is 23.5 Å². The average Bonchev–Trinajstić information content (AvgIpc) is 3.34. The van der Waals surface area contributed by atoms with Crippen molar-refractivity contribution in [1.29, 1.82) is 0 Å². The molecule has 126 valence electrons. The smallest absolute Gasteiger partial charge is 0.250 e. The van der Waals surface area contributed by atoms with E-state index in [2.05, 4.69) is 53.4 Å². The topological polar surface area (TPSA) is 3.24 Å². The number of alkyl halides is 2. The van der Waals surface area contributed by atoms with Crippen LogP contribution in [0, 0.1) is 5.92 Å². The molecule has 2 aromatic rings. The van der Waals surface area contributed by atoms with Crippen LogP contribution in [-0.4, -0.2) is 30.5 Å². The molecule has 2 aromatic carbocycles. The highest BCUT2D eigenvalue weighted by Gasteiger charge is 2.56. The van der Waals surface area contributed by atoms with Gasteiger partial charge in [0.25, 0.3) is 5.92 Å². The second-order valence-electron chi connectivity index (χ2n) is 7.26. The lowest BCUT2D eigenvalue weighted by Crippen LogP contribution is -2.40. The zero-order valence-corrected chi connectivity index (χ0v) is 13.8. The first-order valence-electron chi connectivity index (χ1n) is 8.81. The molecule has 0 amide bonds. The van der Waals surface area contributed by atoms with Crippen molar-refractivity contribution in [2.75, 3.05) is 19.6 Å². The number of rotatable bonds is 4. The van der Waals surface area contributed by atoms with Gasteiger partial charge in [0, 0.05) is 37.9 Å². The van der Waals surface area contributed by atoms with Crippen molar-refractivity contribution in [3.05, 3.63) is 71.8 Å². The first-order valence-corrected chi connectivity index (χ1v) is 8.81. The van der Waals surface area contributed by atoms with Crippen LogP contribution in [0.2, 0.25) is 0 Å². The lowest BCUT2D eigenvalue weighted by molar-refractivity contribution is -0.0559. The van der Waals surface area contributed by atoms with E-state index in [1.165, 1.54) is 11.1 Å². The van der Waals surface area contributed by atoms with Gasteiger partial charge in [0.05, 0.1) is 0 Å². The molecule has 2 aliphatic rings. The number of hydrogen-bond donors (Lipinski definition) is 0. The Hall–Kier alpha value is -1.74. The van der Waals surface area contributed by atoms with Crippen LogP contribution in [0.4, 0.5) is 8.78 Å². The van der Waals surface area contributed by atoms with E-state index in [1.54, 1.807) is 0 Å². The van der Waals surface area contributed by atoms with Crippen molar-refractivity contribution in [1.82, 2.24) is 4.90 Å². The molecule has 4 rings (SSSR count). The van der Waals surface area contributed by atoms with Crippen molar-refractivity contribution >= 4 is 0 Å². The standard InChI is InChI=1S/C21H23F2N/c22-20(23)11-13-24(14-12-20)16-19-15-21(19,17-7-3-1-4-8-17)18-9-5-2-6-10-18/h1-10,19H,11-16H2/t19-/m0/s1. The molecule has 0 N–H and O–H groups in total. The Morgan fingerprint density at radius 1 is 0.833 bits per heavy atom. The molecule has 1 saturated carbocycles. The van der Waals surface area contributed by atoms with Crippen LogP contribution in [-0.2, 0) is 5.41 Å². The van der Waals surface area contributed by atoms with Crippen LogP contribution in [0.5, 0.6) is 0 Å². The van der Waals surface area contributed by atoms with Crippen LogP contribution >= 0.6 is 0 Å². The van der Waals surface area contributed by atoms with Gasteiger partial charge in [-0.25, -0.2) is 8.78 Å². The summed E-state index contributed by atoms with van der Waals surface area (Å²) in [6.07, 6.45) is 1.11. The minimum Gasteiger partial charge on any atom is -0.303 e. The highest BCUT2D eigenvalue weighted by atomic mass is 19.3. The summed E-state index contributed by atoms with van der Waals surface area (Å²) in [7, 11) is 0. The van der Waals surface area contributed by atoms with E-state index < -0.39 is 5.92 Å². The average molecular weight is 327 g/mol. The number of nitrogens with zero attached hydrogens (tertiary/aromatic N) is 1. The quantitative estimate of drug-likeness (QED) is 0.785. The Morgan fingerprint density at radius 3 is 1.83 bits per heavy atom. The molecule has 1 nitrogen and oxygen atoms in total. The van der Waals surface area contributed by atoms with E-state index in [-0.39, 0.29) is 18.3 Å². The van der Waals surface area contributed by atoms with E-state index in [1.807, 2.05) is 12.1 Å². The van der Waals surface area contributed by atoms with E-state index in [9.17, 15) is 8.78 Å². The predicted molar refractivity (Wildman–Crippen MR) is 92.4 cm³/mol. The Labute approximate surface area is 142 Å². The lowest BCUT2D eigenvalue weighted by atomic mass is 9.85. The summed E-state index contributed by atoms with van der Waals surface area (Å²) in [5.41, 5.74) is 2.76. The molecule has 0 aromatic heterocycles. The SMILES string of the molecule is FC1(F)CCN(C[C@@H]2CC2(c2ccccc2)c2ccccc2)CC1. The maximum Gasteiger partial charge on any atom is 0.250 e. The highest BCUT2D eigenvalue weighted by molar-refractivity contribution is 5.47. The molecule has 1 aliphatic carbocycles. The number of hydrogen-bond acceptors (Lipinski definition) is 1. The van der Waals surface area contributed by atoms with Crippen LogP contribution in [0.25, 0.3) is 0 Å². The van der Waals surface area contributed by atoms with Gasteiger partial charge in [-0.3, -0.25) is 0 Å². The summed E-state index contributed by atoms with van der Waals surface area (Å²) >= 11 is 0. The van der Waals surface area contributed by atoms with E-state index in [4.69, 9.17) is 0 Å². The molecule has 0 bridgehead atoms. The van der Waals surface area contributed by atoms with E-state index >= 15 is 0 Å². The van der Waals surface area contributed by atoms with Gasteiger partial charge in [-0.1, -0.05) is 60.7 Å². The van der Waals surface area contributed by atoms with Gasteiger partial charge < -0.3 is 4.90 Å². The summed E-state index contributed by atoms with van der Waals surface area (Å²) in [5.74, 6) is -1.95. The first kappa shape index (κ1) is 15.8. The number of benzene rings is 2. The molecule has 1 atom stereocenters. The molecule has 3 heteroatoms. The minimum atomic E-state index is -2.46. The Balaban J connectivity index is 1.55. The van der Waals surface area contributed by atoms with Gasteiger partial charge in [-0.2, -0.15) is 0 Å². The minimum absolute atomic E-state index is 0.00337. The molecule has 1 saturated heterocycles. The largest absolute Gasteiger partial charge is 0.303 e. The molecular formula is C21H23F2N. The molecule has 1 aliphatic heterocycles. The highest BCUT2D eigenvalue weighted by Crippen LogP contribution is 2.59. The van der Waals surface area contributed by atoms with Crippen molar-refractivity contribution in [3.63, 3.8) is 0 Å². The Bertz CT molecular complexity index is 634.